The average molecular weight is 246 g/mol. The summed E-state index contributed by atoms with van der Waals surface area (Å²) in [5.41, 5.74) is 3.36. The summed E-state index contributed by atoms with van der Waals surface area (Å²) in [6.07, 6.45) is 4.40. The third-order valence-corrected chi connectivity index (χ3v) is 3.51. The Bertz CT molecular complexity index is 429. The quantitative estimate of drug-likeness (QED) is 0.828. The van der Waals surface area contributed by atoms with Crippen molar-refractivity contribution in [3.63, 3.8) is 0 Å². The fourth-order valence-electron chi connectivity index (χ4n) is 2.41. The van der Waals surface area contributed by atoms with Crippen LogP contribution in [0.1, 0.15) is 42.1 Å². The average Bonchev–Trinajstić information content (AvgIpc) is 2.39. The summed E-state index contributed by atoms with van der Waals surface area (Å²) < 4.78 is 0. The van der Waals surface area contributed by atoms with Gasteiger partial charge in [-0.3, -0.25) is 4.79 Å². The number of nitrogens with one attached hydrogen (secondary N) is 1. The second-order valence-electron chi connectivity index (χ2n) is 4.98. The molecule has 2 rings (SSSR count). The Morgan fingerprint density at radius 2 is 2.28 bits per heavy atom. The smallest absolute Gasteiger partial charge is 0.251 e. The van der Waals surface area contributed by atoms with Gasteiger partial charge in [-0.25, -0.2) is 0 Å². The molecule has 3 nitrogen and oxygen atoms in total. The van der Waals surface area contributed by atoms with E-state index in [4.69, 9.17) is 0 Å². The Morgan fingerprint density at radius 1 is 1.44 bits per heavy atom. The molecule has 1 aliphatic rings. The van der Waals surface area contributed by atoms with Gasteiger partial charge in [-0.1, -0.05) is 13.3 Å². The molecular formula is C15H22N2O. The molecule has 0 atom stereocenters. The highest BCUT2D eigenvalue weighted by atomic mass is 16.1. The second-order valence-corrected chi connectivity index (χ2v) is 4.98. The summed E-state index contributed by atoms with van der Waals surface area (Å²) >= 11 is 0. The zero-order valence-electron chi connectivity index (χ0n) is 11.3. The largest absolute Gasteiger partial charge is 0.374 e. The van der Waals surface area contributed by atoms with E-state index in [1.807, 2.05) is 12.1 Å². The Hall–Kier alpha value is -1.51. The zero-order chi connectivity index (χ0) is 13.0. The topological polar surface area (TPSA) is 32.3 Å². The first kappa shape index (κ1) is 12.9. The van der Waals surface area contributed by atoms with Crippen LogP contribution < -0.4 is 10.2 Å². The highest BCUT2D eigenvalue weighted by Crippen LogP contribution is 2.26. The first-order valence-electron chi connectivity index (χ1n) is 6.84. The van der Waals surface area contributed by atoms with Crippen molar-refractivity contribution in [2.45, 2.75) is 32.6 Å². The summed E-state index contributed by atoms with van der Waals surface area (Å²) in [6, 6.07) is 6.05. The summed E-state index contributed by atoms with van der Waals surface area (Å²) in [6.45, 7) is 4.00. The molecule has 1 N–H and O–H groups in total. The summed E-state index contributed by atoms with van der Waals surface area (Å²) in [5.74, 6) is 0.0551. The van der Waals surface area contributed by atoms with Gasteiger partial charge in [0.05, 0.1) is 0 Å². The lowest BCUT2D eigenvalue weighted by Crippen LogP contribution is -2.27. The number of carbonyl (C=O) groups is 1. The van der Waals surface area contributed by atoms with Gasteiger partial charge in [0, 0.05) is 31.4 Å². The van der Waals surface area contributed by atoms with Crippen LogP contribution >= 0.6 is 0 Å². The van der Waals surface area contributed by atoms with Gasteiger partial charge >= 0.3 is 0 Å². The molecule has 0 fully saturated rings. The van der Waals surface area contributed by atoms with Crippen molar-refractivity contribution in [3.05, 3.63) is 29.3 Å². The van der Waals surface area contributed by atoms with Gasteiger partial charge in [-0.05, 0) is 43.0 Å². The van der Waals surface area contributed by atoms with Crippen LogP contribution in [0.3, 0.4) is 0 Å². The number of aryl methyl sites for hydroxylation is 1. The van der Waals surface area contributed by atoms with E-state index in [1.165, 1.54) is 17.7 Å². The van der Waals surface area contributed by atoms with Crippen LogP contribution in [-0.4, -0.2) is 26.0 Å². The number of hydrogen-bond acceptors (Lipinski definition) is 2. The molecule has 0 unspecified atom stereocenters. The number of benzene rings is 1. The van der Waals surface area contributed by atoms with Crippen LogP contribution in [0.2, 0.25) is 0 Å². The number of nitrogens with zero attached hydrogens (tertiary/aromatic N) is 1. The molecule has 0 saturated heterocycles. The molecule has 0 aliphatic carbocycles. The van der Waals surface area contributed by atoms with E-state index in [9.17, 15) is 4.79 Å². The maximum Gasteiger partial charge on any atom is 0.251 e. The molecule has 3 heteroatoms. The van der Waals surface area contributed by atoms with Gasteiger partial charge in [0.25, 0.3) is 5.91 Å². The summed E-state index contributed by atoms with van der Waals surface area (Å²) in [5, 5.41) is 2.97. The first-order chi connectivity index (χ1) is 8.72. The number of hydrogen-bond donors (Lipinski definition) is 1. The number of anilines is 1. The Kier molecular flexibility index (Phi) is 4.24. The Labute approximate surface area is 109 Å². The molecule has 1 aromatic carbocycles. The fourth-order valence-corrected chi connectivity index (χ4v) is 2.41. The predicted octanol–water partition coefficient (Wildman–Crippen LogP) is 2.60. The predicted molar refractivity (Wildman–Crippen MR) is 75.3 cm³/mol. The Balaban J connectivity index is 2.08. The lowest BCUT2D eigenvalue weighted by Gasteiger charge is -2.27. The molecule has 0 aromatic heterocycles. The number of fused-ring (bicyclic) bond motifs is 1. The van der Waals surface area contributed by atoms with Gasteiger partial charge in [0.15, 0.2) is 0 Å². The van der Waals surface area contributed by atoms with Crippen LogP contribution in [0.4, 0.5) is 5.69 Å². The van der Waals surface area contributed by atoms with E-state index >= 15 is 0 Å². The van der Waals surface area contributed by atoms with E-state index in [0.717, 1.165) is 37.9 Å². The second kappa shape index (κ2) is 5.89. The van der Waals surface area contributed by atoms with Crippen molar-refractivity contribution < 1.29 is 4.79 Å². The minimum absolute atomic E-state index is 0.0551. The molecule has 1 heterocycles. The van der Waals surface area contributed by atoms with E-state index in [2.05, 4.69) is 30.3 Å². The molecule has 98 valence electrons. The molecule has 18 heavy (non-hydrogen) atoms. The van der Waals surface area contributed by atoms with Crippen LogP contribution in [0, 0.1) is 0 Å². The summed E-state index contributed by atoms with van der Waals surface area (Å²) in [4.78, 5) is 14.2. The maximum atomic E-state index is 12.0. The third kappa shape index (κ3) is 2.84. The van der Waals surface area contributed by atoms with E-state index in [0.29, 0.717) is 0 Å². The van der Waals surface area contributed by atoms with Crippen LogP contribution in [0.15, 0.2) is 18.2 Å². The van der Waals surface area contributed by atoms with Gasteiger partial charge in [-0.15, -0.1) is 0 Å². The SMILES string of the molecule is CCCCNC(=O)c1ccc2c(c1)CCCN2C. The number of carbonyl (C=O) groups excluding carboxylic acids is 1. The monoisotopic (exact) mass is 246 g/mol. The minimum Gasteiger partial charge on any atom is -0.374 e. The van der Waals surface area contributed by atoms with Crippen LogP contribution in [-0.2, 0) is 6.42 Å². The standard InChI is InChI=1S/C15H22N2O/c1-3-4-9-16-15(18)13-7-8-14-12(11-13)6-5-10-17(14)2/h7-8,11H,3-6,9-10H2,1-2H3,(H,16,18). The molecule has 1 aliphatic heterocycles. The number of amides is 1. The molecule has 0 saturated carbocycles. The van der Waals surface area contributed by atoms with Gasteiger partial charge in [0.1, 0.15) is 0 Å². The van der Waals surface area contributed by atoms with E-state index < -0.39 is 0 Å². The van der Waals surface area contributed by atoms with Crippen molar-refractivity contribution >= 4 is 11.6 Å². The lowest BCUT2D eigenvalue weighted by atomic mass is 9.99. The maximum absolute atomic E-state index is 12.0. The minimum atomic E-state index is 0.0551. The third-order valence-electron chi connectivity index (χ3n) is 3.51. The molecule has 0 spiro atoms. The van der Waals surface area contributed by atoms with E-state index in [1.54, 1.807) is 0 Å². The van der Waals surface area contributed by atoms with Gasteiger partial charge in [0.2, 0.25) is 0 Å². The van der Waals surface area contributed by atoms with E-state index in [-0.39, 0.29) is 5.91 Å². The zero-order valence-corrected chi connectivity index (χ0v) is 11.3. The van der Waals surface area contributed by atoms with Gasteiger partial charge in [-0.2, -0.15) is 0 Å². The van der Waals surface area contributed by atoms with Gasteiger partial charge < -0.3 is 10.2 Å². The van der Waals surface area contributed by atoms with Crippen LogP contribution in [0.25, 0.3) is 0 Å². The highest BCUT2D eigenvalue weighted by Gasteiger charge is 2.15. The van der Waals surface area contributed by atoms with Crippen molar-refractivity contribution in [3.8, 4) is 0 Å². The first-order valence-corrected chi connectivity index (χ1v) is 6.84. The number of unbranched alkanes of at least 4 members (excludes halogenated alkanes) is 1. The molecular weight excluding hydrogens is 224 g/mol. The number of rotatable bonds is 4. The lowest BCUT2D eigenvalue weighted by molar-refractivity contribution is 0.0953. The fraction of sp³-hybridized carbons (Fsp3) is 0.533. The van der Waals surface area contributed by atoms with Crippen molar-refractivity contribution in [1.82, 2.24) is 5.32 Å². The Morgan fingerprint density at radius 3 is 3.06 bits per heavy atom. The molecule has 1 aromatic rings. The van der Waals surface area contributed by atoms with Crippen molar-refractivity contribution in [1.29, 1.82) is 0 Å². The van der Waals surface area contributed by atoms with Crippen molar-refractivity contribution in [2.24, 2.45) is 0 Å². The molecule has 0 bridgehead atoms. The highest BCUT2D eigenvalue weighted by molar-refractivity contribution is 5.95. The molecule has 0 radical (unpaired) electrons. The van der Waals surface area contributed by atoms with Crippen molar-refractivity contribution in [2.75, 3.05) is 25.0 Å². The van der Waals surface area contributed by atoms with Crippen LogP contribution in [0.5, 0.6) is 0 Å². The molecule has 1 amide bonds. The summed E-state index contributed by atoms with van der Waals surface area (Å²) in [7, 11) is 2.11. The normalized spacial score (nSPS) is 14.2.